The minimum Gasteiger partial charge on any atom is -0.478 e. The number of piperidine rings is 1. The highest BCUT2D eigenvalue weighted by atomic mass is 35.5. The van der Waals surface area contributed by atoms with Crippen LogP contribution in [0.5, 0.6) is 0 Å². The zero-order valence-corrected chi connectivity index (χ0v) is 19.9. The van der Waals surface area contributed by atoms with E-state index in [1.54, 1.807) is 23.2 Å². The zero-order valence-electron chi connectivity index (χ0n) is 18.4. The SMILES string of the molecule is O=C(O)/C=C/C(=O)O.O=C(c1ccc(F)c(Cl)c1)N1CCC(F)(CNCc2ccc(Cl)cn2)CC1. The van der Waals surface area contributed by atoms with Crippen LogP contribution in [0.4, 0.5) is 8.78 Å². The smallest absolute Gasteiger partial charge is 0.328 e. The van der Waals surface area contributed by atoms with E-state index in [0.717, 1.165) is 11.8 Å². The zero-order chi connectivity index (χ0) is 26.0. The fourth-order valence-electron chi connectivity index (χ4n) is 3.17. The van der Waals surface area contributed by atoms with Gasteiger partial charge in [-0.05, 0) is 30.3 Å². The molecule has 1 aromatic carbocycles. The Morgan fingerprint density at radius 2 is 1.71 bits per heavy atom. The Morgan fingerprint density at radius 3 is 2.23 bits per heavy atom. The summed E-state index contributed by atoms with van der Waals surface area (Å²) in [6, 6.07) is 7.38. The predicted octanol–water partition coefficient (Wildman–Crippen LogP) is 3.97. The van der Waals surface area contributed by atoms with E-state index >= 15 is 0 Å². The maximum atomic E-state index is 15.0. The average Bonchev–Trinajstić information content (AvgIpc) is 2.81. The molecule has 2 aromatic rings. The standard InChI is InChI=1S/C19H19Cl2F2N3O.C4H4O4/c20-14-2-3-15(25-10-14)11-24-12-19(23)5-7-26(8-6-19)18(27)13-1-4-17(22)16(21)9-13;5-3(6)1-2-4(7)8/h1-4,9-10,24H,5-8,11-12H2;1-2H,(H,5,6)(H,7,8)/b;2-1+. The predicted molar refractivity (Wildman–Crippen MR) is 126 cm³/mol. The molecule has 0 atom stereocenters. The van der Waals surface area contributed by atoms with Crippen LogP contribution in [0.1, 0.15) is 28.9 Å². The lowest BCUT2D eigenvalue weighted by molar-refractivity contribution is -0.134. The van der Waals surface area contributed by atoms with Crippen LogP contribution in [-0.4, -0.2) is 63.2 Å². The number of likely N-dealkylation sites (tertiary alicyclic amines) is 1. The van der Waals surface area contributed by atoms with Crippen molar-refractivity contribution in [2.75, 3.05) is 19.6 Å². The summed E-state index contributed by atoms with van der Waals surface area (Å²) in [5, 5.41) is 19.2. The van der Waals surface area contributed by atoms with Gasteiger partial charge in [0.2, 0.25) is 0 Å². The Balaban J connectivity index is 0.000000466. The van der Waals surface area contributed by atoms with Crippen LogP contribution < -0.4 is 5.32 Å². The molecule has 0 saturated carbocycles. The normalized spacial score (nSPS) is 14.8. The third kappa shape index (κ3) is 9.59. The Kier molecular flexibility index (Phi) is 10.6. The highest BCUT2D eigenvalue weighted by Gasteiger charge is 2.36. The van der Waals surface area contributed by atoms with Gasteiger partial charge >= 0.3 is 11.9 Å². The van der Waals surface area contributed by atoms with Crippen molar-refractivity contribution in [3.63, 3.8) is 0 Å². The number of aromatic nitrogens is 1. The number of alkyl halides is 1. The Morgan fingerprint density at radius 1 is 1.09 bits per heavy atom. The van der Waals surface area contributed by atoms with Crippen LogP contribution >= 0.6 is 23.2 Å². The number of pyridine rings is 1. The second kappa shape index (κ2) is 13.1. The third-order valence-electron chi connectivity index (χ3n) is 5.02. The number of nitrogens with one attached hydrogen (secondary N) is 1. The van der Waals surface area contributed by atoms with Gasteiger partial charge in [0.25, 0.3) is 5.91 Å². The fourth-order valence-corrected chi connectivity index (χ4v) is 3.46. The molecular weight excluding hydrogens is 507 g/mol. The molecule has 1 aliphatic heterocycles. The van der Waals surface area contributed by atoms with Crippen LogP contribution in [0.2, 0.25) is 10.0 Å². The van der Waals surface area contributed by atoms with Gasteiger partial charge in [-0.15, -0.1) is 0 Å². The molecule has 0 unspecified atom stereocenters. The maximum absolute atomic E-state index is 15.0. The summed E-state index contributed by atoms with van der Waals surface area (Å²) >= 11 is 11.5. The monoisotopic (exact) mass is 529 g/mol. The van der Waals surface area contributed by atoms with Gasteiger partial charge in [0.05, 0.1) is 15.7 Å². The van der Waals surface area contributed by atoms with Crippen molar-refractivity contribution in [3.05, 3.63) is 75.8 Å². The average molecular weight is 530 g/mol. The van der Waals surface area contributed by atoms with Crippen molar-refractivity contribution >= 4 is 41.0 Å². The van der Waals surface area contributed by atoms with E-state index in [1.165, 1.54) is 12.1 Å². The first-order chi connectivity index (χ1) is 16.5. The molecule has 188 valence electrons. The van der Waals surface area contributed by atoms with Crippen LogP contribution in [0.3, 0.4) is 0 Å². The number of hydrogen-bond donors (Lipinski definition) is 3. The molecule has 8 nitrogen and oxygen atoms in total. The Hall–Kier alpha value is -3.08. The van der Waals surface area contributed by atoms with Crippen molar-refractivity contribution in [2.45, 2.75) is 25.1 Å². The quantitative estimate of drug-likeness (QED) is 0.464. The molecule has 0 aliphatic carbocycles. The Bertz CT molecular complexity index is 1060. The topological polar surface area (TPSA) is 120 Å². The highest BCUT2D eigenvalue weighted by molar-refractivity contribution is 6.31. The van der Waals surface area contributed by atoms with Gasteiger partial charge in [0.15, 0.2) is 0 Å². The first-order valence-corrected chi connectivity index (χ1v) is 11.1. The van der Waals surface area contributed by atoms with Gasteiger partial charge < -0.3 is 20.4 Å². The van der Waals surface area contributed by atoms with Crippen molar-refractivity contribution in [1.82, 2.24) is 15.2 Å². The lowest BCUT2D eigenvalue weighted by Crippen LogP contribution is -2.48. The van der Waals surface area contributed by atoms with Crippen LogP contribution in [-0.2, 0) is 16.1 Å². The molecule has 35 heavy (non-hydrogen) atoms. The summed E-state index contributed by atoms with van der Waals surface area (Å²) in [6.07, 6.45) is 3.13. The third-order valence-corrected chi connectivity index (χ3v) is 5.53. The maximum Gasteiger partial charge on any atom is 0.328 e. The molecular formula is C23H23Cl2F2N3O5. The molecule has 1 saturated heterocycles. The van der Waals surface area contributed by atoms with E-state index in [2.05, 4.69) is 10.3 Å². The van der Waals surface area contributed by atoms with Gasteiger partial charge in [0.1, 0.15) is 11.5 Å². The largest absolute Gasteiger partial charge is 0.478 e. The van der Waals surface area contributed by atoms with Crippen LogP contribution in [0.15, 0.2) is 48.7 Å². The molecule has 3 rings (SSSR count). The van der Waals surface area contributed by atoms with E-state index in [-0.39, 0.29) is 30.3 Å². The van der Waals surface area contributed by atoms with Crippen LogP contribution in [0.25, 0.3) is 0 Å². The number of hydrogen-bond acceptors (Lipinski definition) is 5. The summed E-state index contributed by atoms with van der Waals surface area (Å²) in [5.41, 5.74) is -0.299. The summed E-state index contributed by atoms with van der Waals surface area (Å²) in [5.74, 6) is -3.35. The number of nitrogens with zero attached hydrogens (tertiary/aromatic N) is 2. The number of carbonyl (C=O) groups excluding carboxylic acids is 1. The number of amides is 1. The molecule has 0 bridgehead atoms. The van der Waals surface area contributed by atoms with Crippen molar-refractivity contribution in [2.24, 2.45) is 0 Å². The van der Waals surface area contributed by atoms with Gasteiger partial charge in [-0.2, -0.15) is 0 Å². The van der Waals surface area contributed by atoms with Gasteiger partial charge in [-0.1, -0.05) is 23.2 Å². The molecule has 0 spiro atoms. The number of halogens is 4. The minimum atomic E-state index is -1.39. The molecule has 1 aliphatic rings. The van der Waals surface area contributed by atoms with E-state index in [4.69, 9.17) is 33.4 Å². The number of carboxylic acids is 2. The molecule has 12 heteroatoms. The molecule has 2 heterocycles. The number of benzene rings is 1. The van der Waals surface area contributed by atoms with Crippen LogP contribution in [0, 0.1) is 5.82 Å². The Labute approximate surface area is 210 Å². The first kappa shape index (κ1) is 28.2. The second-order valence-corrected chi connectivity index (χ2v) is 8.50. The van der Waals surface area contributed by atoms with Crippen molar-refractivity contribution in [1.29, 1.82) is 0 Å². The van der Waals surface area contributed by atoms with Crippen molar-refractivity contribution < 1.29 is 33.4 Å². The first-order valence-electron chi connectivity index (χ1n) is 10.4. The van der Waals surface area contributed by atoms with E-state index in [0.29, 0.717) is 42.4 Å². The fraction of sp³-hybridized carbons (Fsp3) is 0.304. The molecule has 1 aromatic heterocycles. The summed E-state index contributed by atoms with van der Waals surface area (Å²) in [4.78, 5) is 37.3. The van der Waals surface area contributed by atoms with Gasteiger partial charge in [-0.25, -0.2) is 18.4 Å². The van der Waals surface area contributed by atoms with E-state index in [9.17, 15) is 23.2 Å². The molecule has 0 radical (unpaired) electrons. The van der Waals surface area contributed by atoms with Gasteiger partial charge in [-0.3, -0.25) is 9.78 Å². The number of carboxylic acid groups (broad SMARTS) is 2. The highest BCUT2D eigenvalue weighted by Crippen LogP contribution is 2.27. The lowest BCUT2D eigenvalue weighted by atomic mass is 9.92. The number of rotatable bonds is 7. The molecule has 1 fully saturated rings. The minimum absolute atomic E-state index is 0.0993. The van der Waals surface area contributed by atoms with E-state index in [1.807, 2.05) is 0 Å². The van der Waals surface area contributed by atoms with E-state index < -0.39 is 23.4 Å². The summed E-state index contributed by atoms with van der Waals surface area (Å²) in [7, 11) is 0. The number of carbonyl (C=O) groups is 3. The molecule has 3 N–H and O–H groups in total. The van der Waals surface area contributed by atoms with Crippen molar-refractivity contribution in [3.8, 4) is 0 Å². The number of aliphatic carboxylic acids is 2. The molecule has 1 amide bonds. The summed E-state index contributed by atoms with van der Waals surface area (Å²) in [6.45, 7) is 1.22. The summed E-state index contributed by atoms with van der Waals surface area (Å²) < 4.78 is 28.2. The van der Waals surface area contributed by atoms with Gasteiger partial charge in [0, 0.05) is 62.9 Å². The second-order valence-electron chi connectivity index (χ2n) is 7.65. The lowest BCUT2D eigenvalue weighted by Gasteiger charge is -2.36.